The predicted octanol–water partition coefficient (Wildman–Crippen LogP) is -1.58. The molecule has 0 radical (unpaired) electrons. The normalized spacial score (nSPS) is 11.5. The Balaban J connectivity index is 0.00000242. The summed E-state index contributed by atoms with van der Waals surface area (Å²) in [7, 11) is 0. The first-order chi connectivity index (χ1) is 10.1. The zero-order valence-electron chi connectivity index (χ0n) is 13.0. The van der Waals surface area contributed by atoms with Crippen molar-refractivity contribution in [2.75, 3.05) is 0 Å². The van der Waals surface area contributed by atoms with Gasteiger partial charge in [0.05, 0.1) is 12.0 Å². The first-order valence-corrected chi connectivity index (χ1v) is 7.08. The fourth-order valence-corrected chi connectivity index (χ4v) is 2.38. The molecule has 0 bridgehead atoms. The molecule has 0 aliphatic rings. The molecule has 1 unspecified atom stereocenters. The van der Waals surface area contributed by atoms with E-state index in [4.69, 9.17) is 0 Å². The van der Waals surface area contributed by atoms with Crippen LogP contribution in [0.4, 0.5) is 0 Å². The van der Waals surface area contributed by atoms with Crippen LogP contribution in [0.1, 0.15) is 25.3 Å². The van der Waals surface area contributed by atoms with Crippen molar-refractivity contribution < 1.29 is 66.1 Å². The third-order valence-corrected chi connectivity index (χ3v) is 3.40. The van der Waals surface area contributed by atoms with Gasteiger partial charge in [-0.1, -0.05) is 49.4 Å². The minimum atomic E-state index is -1.26. The van der Waals surface area contributed by atoms with Gasteiger partial charge in [-0.2, -0.15) is 0 Å². The third-order valence-electron chi connectivity index (χ3n) is 3.40. The minimum Gasteiger partial charge on any atom is -0.548 e. The van der Waals surface area contributed by atoms with Gasteiger partial charge in [-0.3, -0.25) is 4.79 Å². The van der Waals surface area contributed by atoms with E-state index in [0.717, 1.165) is 16.3 Å². The molecule has 0 fully saturated rings. The molecule has 0 heterocycles. The number of rotatable bonds is 6. The van der Waals surface area contributed by atoms with Gasteiger partial charge in [0, 0.05) is 6.42 Å². The summed E-state index contributed by atoms with van der Waals surface area (Å²) in [6.45, 7) is 1.87. The summed E-state index contributed by atoms with van der Waals surface area (Å²) in [5.41, 5.74) is 0.888. The summed E-state index contributed by atoms with van der Waals surface area (Å²) in [5, 5.41) is 15.8. The molecule has 0 aliphatic carbocycles. The second kappa shape index (κ2) is 9.42. The van der Waals surface area contributed by atoms with E-state index in [1.54, 1.807) is 0 Å². The van der Waals surface area contributed by atoms with E-state index in [2.05, 4.69) is 5.32 Å². The van der Waals surface area contributed by atoms with Crippen LogP contribution >= 0.6 is 0 Å². The van der Waals surface area contributed by atoms with Gasteiger partial charge >= 0.3 is 51.4 Å². The summed E-state index contributed by atoms with van der Waals surface area (Å²) < 4.78 is 0. The van der Waals surface area contributed by atoms with Crippen molar-refractivity contribution in [2.45, 2.75) is 32.2 Å². The van der Waals surface area contributed by atoms with Gasteiger partial charge in [-0.05, 0) is 29.2 Å². The van der Waals surface area contributed by atoms with Crippen molar-refractivity contribution in [2.24, 2.45) is 0 Å². The van der Waals surface area contributed by atoms with Crippen LogP contribution in [-0.2, 0) is 16.0 Å². The van der Waals surface area contributed by atoms with Crippen LogP contribution in [0.25, 0.3) is 10.8 Å². The number of carboxylic acid groups (broad SMARTS) is 1. The second-order valence-corrected chi connectivity index (χ2v) is 5.03. The summed E-state index contributed by atoms with van der Waals surface area (Å²) in [5.74, 6) is -1.51. The maximum atomic E-state index is 11.6. The number of nitrogens with one attached hydrogen (secondary N) is 1. The first kappa shape index (κ1) is 19.3. The summed E-state index contributed by atoms with van der Waals surface area (Å²) in [4.78, 5) is 22.9. The van der Waals surface area contributed by atoms with E-state index in [1.165, 1.54) is 0 Å². The van der Waals surface area contributed by atoms with Crippen molar-refractivity contribution in [3.63, 3.8) is 0 Å². The molecular weight excluding hydrogens is 305 g/mol. The molecule has 22 heavy (non-hydrogen) atoms. The molecular formula is C17H18KNO3. The number of carboxylic acids is 1. The number of aliphatic carboxylic acids is 1. The number of fused-ring (bicyclic) bond motifs is 1. The van der Waals surface area contributed by atoms with Gasteiger partial charge in [-0.25, -0.2) is 0 Å². The maximum absolute atomic E-state index is 11.6. The van der Waals surface area contributed by atoms with Crippen molar-refractivity contribution in [1.82, 2.24) is 5.32 Å². The van der Waals surface area contributed by atoms with Crippen molar-refractivity contribution in [3.8, 4) is 0 Å². The SMILES string of the molecule is CCCC(=O)NC(Cc1cccc2ccccc12)C(=O)[O-].[K+]. The number of amides is 1. The Morgan fingerprint density at radius 2 is 1.82 bits per heavy atom. The Kier molecular flexibility index (Phi) is 8.28. The molecule has 2 aromatic rings. The summed E-state index contributed by atoms with van der Waals surface area (Å²) >= 11 is 0. The monoisotopic (exact) mass is 323 g/mol. The van der Waals surface area contributed by atoms with Gasteiger partial charge in [0.1, 0.15) is 0 Å². The second-order valence-electron chi connectivity index (χ2n) is 5.03. The van der Waals surface area contributed by atoms with Crippen LogP contribution in [-0.4, -0.2) is 17.9 Å². The molecule has 5 heteroatoms. The average Bonchev–Trinajstić information content (AvgIpc) is 2.47. The molecule has 0 aliphatic heterocycles. The van der Waals surface area contributed by atoms with Crippen LogP contribution in [0.3, 0.4) is 0 Å². The van der Waals surface area contributed by atoms with Crippen LogP contribution in [0.15, 0.2) is 42.5 Å². The smallest absolute Gasteiger partial charge is 0.548 e. The zero-order valence-corrected chi connectivity index (χ0v) is 16.1. The Labute approximate surface area is 172 Å². The van der Waals surface area contributed by atoms with Crippen molar-refractivity contribution in [3.05, 3.63) is 48.0 Å². The Morgan fingerprint density at radius 3 is 2.50 bits per heavy atom. The molecule has 0 saturated carbocycles. The molecule has 0 spiro atoms. The minimum absolute atomic E-state index is 0. The largest absolute Gasteiger partial charge is 1.00 e. The predicted molar refractivity (Wildman–Crippen MR) is 79.5 cm³/mol. The maximum Gasteiger partial charge on any atom is 1.00 e. The quantitative estimate of drug-likeness (QED) is 0.653. The number of carbonyl (C=O) groups excluding carboxylic acids is 2. The zero-order chi connectivity index (χ0) is 15.2. The molecule has 0 aromatic heterocycles. The molecule has 2 aromatic carbocycles. The van der Waals surface area contributed by atoms with Crippen molar-refractivity contribution in [1.29, 1.82) is 0 Å². The number of hydrogen-bond donors (Lipinski definition) is 1. The molecule has 0 saturated heterocycles. The molecule has 4 nitrogen and oxygen atoms in total. The van der Waals surface area contributed by atoms with E-state index >= 15 is 0 Å². The topological polar surface area (TPSA) is 69.2 Å². The molecule has 1 amide bonds. The number of benzene rings is 2. The van der Waals surface area contributed by atoms with Crippen LogP contribution in [0.2, 0.25) is 0 Å². The third kappa shape index (κ3) is 5.17. The standard InChI is InChI=1S/C17H19NO3.K/c1-2-6-16(19)18-15(17(20)21)11-13-9-5-8-12-7-3-4-10-14(12)13;/h3-5,7-10,15H,2,6,11H2,1H3,(H,18,19)(H,20,21);/q;+1/p-1. The Hall–Kier alpha value is -0.724. The van der Waals surface area contributed by atoms with Gasteiger partial charge in [-0.15, -0.1) is 0 Å². The van der Waals surface area contributed by atoms with Gasteiger partial charge < -0.3 is 15.2 Å². The van der Waals surface area contributed by atoms with E-state index in [-0.39, 0.29) is 63.7 Å². The van der Waals surface area contributed by atoms with E-state index in [0.29, 0.717) is 12.8 Å². The molecule has 1 atom stereocenters. The van der Waals surface area contributed by atoms with E-state index in [1.807, 2.05) is 49.4 Å². The molecule has 2 rings (SSSR count). The van der Waals surface area contributed by atoms with E-state index in [9.17, 15) is 14.7 Å². The van der Waals surface area contributed by atoms with Crippen LogP contribution in [0, 0.1) is 0 Å². The summed E-state index contributed by atoms with van der Waals surface area (Å²) in [6, 6.07) is 12.5. The first-order valence-electron chi connectivity index (χ1n) is 7.08. The average molecular weight is 323 g/mol. The van der Waals surface area contributed by atoms with Gasteiger partial charge in [0.2, 0.25) is 5.91 Å². The van der Waals surface area contributed by atoms with Gasteiger partial charge in [0.15, 0.2) is 0 Å². The van der Waals surface area contributed by atoms with Gasteiger partial charge in [0.25, 0.3) is 0 Å². The molecule has 110 valence electrons. The fourth-order valence-electron chi connectivity index (χ4n) is 2.38. The Morgan fingerprint density at radius 1 is 1.14 bits per heavy atom. The van der Waals surface area contributed by atoms with Crippen LogP contribution < -0.4 is 61.8 Å². The van der Waals surface area contributed by atoms with E-state index < -0.39 is 12.0 Å². The Bertz CT molecular complexity index is 652. The number of carbonyl (C=O) groups is 2. The van der Waals surface area contributed by atoms with Crippen molar-refractivity contribution >= 4 is 22.6 Å². The fraction of sp³-hybridized carbons (Fsp3) is 0.294. The summed E-state index contributed by atoms with van der Waals surface area (Å²) in [6.07, 6.45) is 1.22. The number of hydrogen-bond acceptors (Lipinski definition) is 3. The van der Waals surface area contributed by atoms with Crippen LogP contribution in [0.5, 0.6) is 0 Å². The molecule has 1 N–H and O–H groups in total.